The molecule has 2 aromatic rings. The maximum atomic E-state index is 13.4. The van der Waals surface area contributed by atoms with Gasteiger partial charge in [-0.1, -0.05) is 41.5 Å². The van der Waals surface area contributed by atoms with Gasteiger partial charge in [-0.2, -0.15) is 0 Å². The molecule has 0 aromatic carbocycles. The molecular formula is C45H68N4O4S2. The van der Waals surface area contributed by atoms with Crippen LogP contribution >= 0.6 is 22.7 Å². The molecule has 4 aliphatic heterocycles. The molecule has 4 atom stereocenters. The highest BCUT2D eigenvalue weighted by Crippen LogP contribution is 2.54. The predicted molar refractivity (Wildman–Crippen MR) is 224 cm³/mol. The van der Waals surface area contributed by atoms with Crippen LogP contribution in [-0.2, 0) is 4.74 Å². The summed E-state index contributed by atoms with van der Waals surface area (Å²) in [7, 11) is 0. The summed E-state index contributed by atoms with van der Waals surface area (Å²) < 4.78 is 5.51. The first-order valence-electron chi connectivity index (χ1n) is 21.2. The van der Waals surface area contributed by atoms with Gasteiger partial charge < -0.3 is 24.8 Å². The summed E-state index contributed by atoms with van der Waals surface area (Å²) in [5.74, 6) is 1.55. The highest BCUT2D eigenvalue weighted by molar-refractivity contribution is 7.10. The standard InChI is InChI=1S/C25H38N2O3S.C20H30N2OS/c1-23(2,3)30-22(29)26-9-7-17(8-10-26)20-11-18(14-31-20)21(28)27-16-25(6)13-19(27)12-24(4,5)15-25;1-19(2)9-16-10-20(3,12-19)13-22(16)18(23)15-8-17(24-11-15)14-4-6-21-7-5-14/h11,14,17,19H,7-10,12-13,15-16H2,1-6H3;8,11,14,16,21H,4-7,9-10,12-13H2,1-3H3. The highest BCUT2D eigenvalue weighted by Gasteiger charge is 2.52. The molecule has 6 aliphatic rings. The van der Waals surface area contributed by atoms with Gasteiger partial charge >= 0.3 is 6.09 Å². The SMILES string of the molecule is CC1(C)CC2CC(C)(CN2C(=O)c2csc(C3CCN(C(=O)OC(C)(C)C)CC3)c2)C1.CC1(C)CC2CC(C)(CN2C(=O)c2csc(C3CCNCC3)c2)C1. The second kappa shape index (κ2) is 15.1. The first kappa shape index (κ1) is 40.8. The molecular weight excluding hydrogens is 725 g/mol. The topological polar surface area (TPSA) is 82.2 Å². The number of carbonyl (C=O) groups is 3. The van der Waals surface area contributed by atoms with Crippen LogP contribution in [0.15, 0.2) is 22.9 Å². The Labute approximate surface area is 339 Å². The van der Waals surface area contributed by atoms with Gasteiger partial charge in [0.25, 0.3) is 11.8 Å². The average molecular weight is 793 g/mol. The first-order valence-corrected chi connectivity index (χ1v) is 22.9. The largest absolute Gasteiger partial charge is 0.444 e. The molecule has 3 amide bonds. The van der Waals surface area contributed by atoms with Gasteiger partial charge in [-0.15, -0.1) is 22.7 Å². The van der Waals surface area contributed by atoms with E-state index in [1.165, 1.54) is 41.9 Å². The Morgan fingerprint density at radius 2 is 1.13 bits per heavy atom. The maximum Gasteiger partial charge on any atom is 0.410 e. The maximum absolute atomic E-state index is 13.4. The van der Waals surface area contributed by atoms with Crippen molar-refractivity contribution in [1.29, 1.82) is 0 Å². The van der Waals surface area contributed by atoms with Crippen molar-refractivity contribution in [2.24, 2.45) is 21.7 Å². The number of carbonyl (C=O) groups excluding carboxylic acids is 3. The van der Waals surface area contributed by atoms with E-state index in [2.05, 4.69) is 74.2 Å². The number of thiophene rings is 2. The Kier molecular flexibility index (Phi) is 11.2. The molecule has 4 unspecified atom stereocenters. The number of hydrogen-bond donors (Lipinski definition) is 1. The Morgan fingerprint density at radius 1 is 0.691 bits per heavy atom. The van der Waals surface area contributed by atoms with E-state index in [1.807, 2.05) is 31.1 Å². The lowest BCUT2D eigenvalue weighted by atomic mass is 9.65. The van der Waals surface area contributed by atoms with Crippen LogP contribution in [0.25, 0.3) is 0 Å². The molecule has 2 saturated carbocycles. The van der Waals surface area contributed by atoms with E-state index in [9.17, 15) is 14.4 Å². The van der Waals surface area contributed by atoms with Crippen molar-refractivity contribution in [2.45, 2.75) is 156 Å². The summed E-state index contributed by atoms with van der Waals surface area (Å²) in [5, 5.41) is 7.58. The zero-order valence-electron chi connectivity index (χ0n) is 35.2. The van der Waals surface area contributed by atoms with Crippen LogP contribution < -0.4 is 5.32 Å². The zero-order chi connectivity index (χ0) is 39.6. The lowest BCUT2D eigenvalue weighted by Gasteiger charge is -2.39. The van der Waals surface area contributed by atoms with Crippen molar-refractivity contribution in [3.8, 4) is 0 Å². The van der Waals surface area contributed by atoms with Gasteiger partial charge in [0, 0.05) is 58.8 Å². The van der Waals surface area contributed by atoms with Crippen molar-refractivity contribution in [3.05, 3.63) is 43.8 Å². The molecule has 0 spiro atoms. The number of likely N-dealkylation sites (tertiary alicyclic amines) is 3. The number of rotatable bonds is 4. The number of nitrogens with zero attached hydrogens (tertiary/aromatic N) is 3. The van der Waals surface area contributed by atoms with Crippen LogP contribution in [0.5, 0.6) is 0 Å². The number of piperidine rings is 2. The van der Waals surface area contributed by atoms with Crippen LogP contribution in [0.4, 0.5) is 4.79 Å². The zero-order valence-corrected chi connectivity index (χ0v) is 36.9. The van der Waals surface area contributed by atoms with Gasteiger partial charge in [-0.25, -0.2) is 4.79 Å². The van der Waals surface area contributed by atoms with Crippen molar-refractivity contribution in [1.82, 2.24) is 20.0 Å². The van der Waals surface area contributed by atoms with Gasteiger partial charge in [0.05, 0.1) is 11.1 Å². The summed E-state index contributed by atoms with van der Waals surface area (Å²) in [6.07, 6.45) is 11.1. The molecule has 6 heterocycles. The summed E-state index contributed by atoms with van der Waals surface area (Å²) in [4.78, 5) is 47.7. The van der Waals surface area contributed by atoms with Gasteiger partial charge in [-0.3, -0.25) is 9.59 Å². The minimum atomic E-state index is -0.461. The van der Waals surface area contributed by atoms with Crippen LogP contribution in [-0.4, -0.2) is 89.6 Å². The van der Waals surface area contributed by atoms with Crippen LogP contribution in [0.2, 0.25) is 0 Å². The molecule has 10 heteroatoms. The third-order valence-corrected chi connectivity index (χ3v) is 15.6. The van der Waals surface area contributed by atoms with E-state index in [0.29, 0.717) is 53.3 Å². The molecule has 0 radical (unpaired) electrons. The molecule has 8 rings (SSSR count). The molecule has 4 saturated heterocycles. The predicted octanol–water partition coefficient (Wildman–Crippen LogP) is 10.2. The van der Waals surface area contributed by atoms with Crippen LogP contribution in [0.1, 0.15) is 169 Å². The fourth-order valence-electron chi connectivity index (χ4n) is 11.9. The van der Waals surface area contributed by atoms with Crippen molar-refractivity contribution in [2.75, 3.05) is 39.3 Å². The molecule has 304 valence electrons. The van der Waals surface area contributed by atoms with Gasteiger partial charge in [0.1, 0.15) is 5.60 Å². The summed E-state index contributed by atoms with van der Waals surface area (Å²) in [5.41, 5.74) is 2.57. The van der Waals surface area contributed by atoms with E-state index in [0.717, 1.165) is 69.4 Å². The summed E-state index contributed by atoms with van der Waals surface area (Å²) >= 11 is 3.50. The highest BCUT2D eigenvalue weighted by atomic mass is 32.1. The molecule has 2 aliphatic carbocycles. The quantitative estimate of drug-likeness (QED) is 0.334. The lowest BCUT2D eigenvalue weighted by molar-refractivity contribution is 0.0205. The van der Waals surface area contributed by atoms with Crippen LogP contribution in [0.3, 0.4) is 0 Å². The summed E-state index contributed by atoms with van der Waals surface area (Å²) in [6.45, 7) is 25.3. The number of hydrogen-bond acceptors (Lipinski definition) is 7. The molecule has 2 aromatic heterocycles. The van der Waals surface area contributed by atoms with Crippen molar-refractivity contribution in [3.63, 3.8) is 0 Å². The van der Waals surface area contributed by atoms with Crippen LogP contribution in [0, 0.1) is 21.7 Å². The van der Waals surface area contributed by atoms with E-state index < -0.39 is 5.60 Å². The normalized spacial score (nSPS) is 30.5. The third kappa shape index (κ3) is 9.33. The molecule has 6 fully saturated rings. The first-order chi connectivity index (χ1) is 25.7. The van der Waals surface area contributed by atoms with E-state index in [1.54, 1.807) is 22.7 Å². The number of fused-ring (bicyclic) bond motifs is 4. The fraction of sp³-hybridized carbons (Fsp3) is 0.756. The minimum absolute atomic E-state index is 0.208. The Bertz CT molecular complexity index is 1730. The third-order valence-electron chi connectivity index (χ3n) is 13.4. The van der Waals surface area contributed by atoms with Gasteiger partial charge in [0.2, 0.25) is 0 Å². The molecule has 4 bridgehead atoms. The number of amides is 3. The average Bonchev–Trinajstić information content (AvgIpc) is 3.87. The fourth-order valence-corrected chi connectivity index (χ4v) is 14.0. The number of ether oxygens (including phenoxy) is 1. The van der Waals surface area contributed by atoms with Gasteiger partial charge in [0.15, 0.2) is 0 Å². The van der Waals surface area contributed by atoms with E-state index in [4.69, 9.17) is 4.74 Å². The second-order valence-electron chi connectivity index (χ2n) is 21.5. The molecule has 1 N–H and O–H groups in total. The summed E-state index contributed by atoms with van der Waals surface area (Å²) in [6, 6.07) is 5.13. The Balaban J connectivity index is 0.000000174. The smallest absolute Gasteiger partial charge is 0.410 e. The van der Waals surface area contributed by atoms with Crippen molar-refractivity contribution < 1.29 is 19.1 Å². The minimum Gasteiger partial charge on any atom is -0.444 e. The number of nitrogens with one attached hydrogen (secondary N) is 1. The molecule has 8 nitrogen and oxygen atoms in total. The Hall–Kier alpha value is -2.43. The Morgan fingerprint density at radius 3 is 1.56 bits per heavy atom. The van der Waals surface area contributed by atoms with Gasteiger partial charge in [-0.05, 0) is 144 Å². The van der Waals surface area contributed by atoms with Crippen molar-refractivity contribution >= 4 is 40.6 Å². The lowest BCUT2D eigenvalue weighted by Crippen LogP contribution is -2.41. The molecule has 55 heavy (non-hydrogen) atoms. The monoisotopic (exact) mass is 792 g/mol. The van der Waals surface area contributed by atoms with E-state index in [-0.39, 0.29) is 23.3 Å². The second-order valence-corrected chi connectivity index (χ2v) is 23.4. The van der Waals surface area contributed by atoms with E-state index >= 15 is 0 Å².